The lowest BCUT2D eigenvalue weighted by atomic mass is 10.1. The van der Waals surface area contributed by atoms with E-state index in [0.29, 0.717) is 16.6 Å². The minimum Gasteiger partial charge on any atom is -0.387 e. The fourth-order valence-corrected chi connectivity index (χ4v) is 2.52. The van der Waals surface area contributed by atoms with Crippen LogP contribution in [0, 0.1) is 0 Å². The molecule has 1 atom stereocenters. The minimum atomic E-state index is -0.614. The molecule has 1 N–H and O–H groups in total. The Morgan fingerprint density at radius 1 is 1.00 bits per heavy atom. The van der Waals surface area contributed by atoms with Gasteiger partial charge >= 0.3 is 0 Å². The van der Waals surface area contributed by atoms with Crippen LogP contribution in [0.1, 0.15) is 17.2 Å². The van der Waals surface area contributed by atoms with E-state index < -0.39 is 6.10 Å². The smallest absolute Gasteiger partial charge is 0.0917 e. The Labute approximate surface area is 139 Å². The van der Waals surface area contributed by atoms with Crippen molar-refractivity contribution < 1.29 is 5.11 Å². The first-order valence-electron chi connectivity index (χ1n) is 6.51. The van der Waals surface area contributed by atoms with Gasteiger partial charge in [-0.05, 0) is 42.4 Å². The first-order chi connectivity index (χ1) is 9.95. The Kier molecular flexibility index (Phi) is 5.91. The summed E-state index contributed by atoms with van der Waals surface area (Å²) in [5, 5.41) is 11.9. The highest BCUT2D eigenvalue weighted by atomic mass is 35.5. The van der Waals surface area contributed by atoms with Gasteiger partial charge in [0.05, 0.1) is 16.1 Å². The average molecular weight is 345 g/mol. The molecule has 5 heteroatoms. The van der Waals surface area contributed by atoms with Crippen LogP contribution in [0.15, 0.2) is 42.5 Å². The highest BCUT2D eigenvalue weighted by Crippen LogP contribution is 2.26. The van der Waals surface area contributed by atoms with Crippen molar-refractivity contribution >= 4 is 34.8 Å². The van der Waals surface area contributed by atoms with Crippen LogP contribution in [0.25, 0.3) is 0 Å². The molecule has 0 saturated carbocycles. The van der Waals surface area contributed by atoms with Gasteiger partial charge in [-0.3, -0.25) is 4.90 Å². The Morgan fingerprint density at radius 2 is 1.67 bits per heavy atom. The van der Waals surface area contributed by atoms with E-state index in [-0.39, 0.29) is 0 Å². The molecule has 0 aliphatic heterocycles. The number of hydrogen-bond acceptors (Lipinski definition) is 2. The van der Waals surface area contributed by atoms with Crippen molar-refractivity contribution in [1.29, 1.82) is 0 Å². The fraction of sp³-hybridized carbons (Fsp3) is 0.250. The summed E-state index contributed by atoms with van der Waals surface area (Å²) in [6, 6.07) is 12.9. The summed E-state index contributed by atoms with van der Waals surface area (Å²) in [5.74, 6) is 0. The molecule has 0 radical (unpaired) electrons. The summed E-state index contributed by atoms with van der Waals surface area (Å²) in [5.41, 5.74) is 1.90. The number of hydrogen-bond donors (Lipinski definition) is 1. The summed E-state index contributed by atoms with van der Waals surface area (Å²) in [6.45, 7) is 1.23. The van der Waals surface area contributed by atoms with Gasteiger partial charge in [0.1, 0.15) is 0 Å². The first kappa shape index (κ1) is 16.6. The van der Waals surface area contributed by atoms with Crippen LogP contribution in [0.3, 0.4) is 0 Å². The van der Waals surface area contributed by atoms with E-state index in [2.05, 4.69) is 0 Å². The SMILES string of the molecule is CN(Cc1ccc(Cl)cc1)CC(O)c1ccc(Cl)c(Cl)c1. The number of aliphatic hydroxyl groups is 1. The molecule has 0 aliphatic rings. The predicted molar refractivity (Wildman–Crippen MR) is 89.2 cm³/mol. The molecule has 2 rings (SSSR count). The molecule has 2 nitrogen and oxygen atoms in total. The second-order valence-corrected chi connectivity index (χ2v) is 6.26. The summed E-state index contributed by atoms with van der Waals surface area (Å²) < 4.78 is 0. The monoisotopic (exact) mass is 343 g/mol. The molecule has 0 aromatic heterocycles. The molecule has 1 unspecified atom stereocenters. The van der Waals surface area contributed by atoms with Crippen LogP contribution in [0.5, 0.6) is 0 Å². The van der Waals surface area contributed by atoms with Crippen LogP contribution >= 0.6 is 34.8 Å². The number of benzene rings is 2. The normalized spacial score (nSPS) is 12.7. The largest absolute Gasteiger partial charge is 0.387 e. The highest BCUT2D eigenvalue weighted by molar-refractivity contribution is 6.42. The maximum absolute atomic E-state index is 10.3. The van der Waals surface area contributed by atoms with Crippen molar-refractivity contribution in [2.24, 2.45) is 0 Å². The van der Waals surface area contributed by atoms with Crippen molar-refractivity contribution in [2.75, 3.05) is 13.6 Å². The van der Waals surface area contributed by atoms with Gasteiger partial charge in [-0.1, -0.05) is 53.0 Å². The van der Waals surface area contributed by atoms with Gasteiger partial charge in [-0.15, -0.1) is 0 Å². The van der Waals surface area contributed by atoms with Gasteiger partial charge < -0.3 is 5.11 Å². The number of aliphatic hydroxyl groups excluding tert-OH is 1. The molecular formula is C16H16Cl3NO. The van der Waals surface area contributed by atoms with E-state index in [1.54, 1.807) is 18.2 Å². The van der Waals surface area contributed by atoms with Crippen LogP contribution < -0.4 is 0 Å². The highest BCUT2D eigenvalue weighted by Gasteiger charge is 2.12. The molecule has 21 heavy (non-hydrogen) atoms. The Morgan fingerprint density at radius 3 is 2.29 bits per heavy atom. The summed E-state index contributed by atoms with van der Waals surface area (Å²) in [4.78, 5) is 2.04. The fourth-order valence-electron chi connectivity index (χ4n) is 2.09. The molecule has 0 saturated heterocycles. The Bertz CT molecular complexity index is 601. The molecule has 0 bridgehead atoms. The van der Waals surface area contributed by atoms with E-state index in [1.807, 2.05) is 36.2 Å². The van der Waals surface area contributed by atoms with Crippen molar-refractivity contribution in [1.82, 2.24) is 4.90 Å². The van der Waals surface area contributed by atoms with Crippen LogP contribution in [-0.4, -0.2) is 23.6 Å². The van der Waals surface area contributed by atoms with Crippen LogP contribution in [-0.2, 0) is 6.54 Å². The summed E-state index contributed by atoms with van der Waals surface area (Å²) >= 11 is 17.7. The zero-order chi connectivity index (χ0) is 15.4. The third kappa shape index (κ3) is 4.87. The topological polar surface area (TPSA) is 23.5 Å². The molecule has 0 amide bonds. The van der Waals surface area contributed by atoms with E-state index in [9.17, 15) is 5.11 Å². The lowest BCUT2D eigenvalue weighted by Crippen LogP contribution is -2.24. The van der Waals surface area contributed by atoms with Crippen LogP contribution in [0.4, 0.5) is 0 Å². The van der Waals surface area contributed by atoms with Crippen LogP contribution in [0.2, 0.25) is 15.1 Å². The maximum atomic E-state index is 10.3. The quantitative estimate of drug-likeness (QED) is 0.841. The lowest BCUT2D eigenvalue weighted by Gasteiger charge is -2.21. The third-order valence-corrected chi connectivity index (χ3v) is 4.17. The average Bonchev–Trinajstić information content (AvgIpc) is 2.44. The van der Waals surface area contributed by atoms with Gasteiger partial charge in [0.15, 0.2) is 0 Å². The number of rotatable bonds is 5. The van der Waals surface area contributed by atoms with Gasteiger partial charge in [-0.25, -0.2) is 0 Å². The van der Waals surface area contributed by atoms with Gasteiger partial charge in [0.25, 0.3) is 0 Å². The van der Waals surface area contributed by atoms with Crippen molar-refractivity contribution in [3.63, 3.8) is 0 Å². The van der Waals surface area contributed by atoms with Gasteiger partial charge in [0.2, 0.25) is 0 Å². The molecule has 0 aliphatic carbocycles. The minimum absolute atomic E-state index is 0.452. The predicted octanol–water partition coefficient (Wildman–Crippen LogP) is 4.81. The molecule has 112 valence electrons. The molecule has 2 aromatic rings. The molecule has 0 spiro atoms. The summed E-state index contributed by atoms with van der Waals surface area (Å²) in [7, 11) is 1.95. The summed E-state index contributed by atoms with van der Waals surface area (Å²) in [6.07, 6.45) is -0.614. The van der Waals surface area contributed by atoms with E-state index in [4.69, 9.17) is 34.8 Å². The van der Waals surface area contributed by atoms with E-state index in [1.165, 1.54) is 0 Å². The van der Waals surface area contributed by atoms with Gasteiger partial charge in [0, 0.05) is 18.1 Å². The molecule has 2 aromatic carbocycles. The van der Waals surface area contributed by atoms with Gasteiger partial charge in [-0.2, -0.15) is 0 Å². The zero-order valence-corrected chi connectivity index (χ0v) is 13.8. The third-order valence-electron chi connectivity index (χ3n) is 3.18. The van der Waals surface area contributed by atoms with E-state index in [0.717, 1.165) is 22.7 Å². The molecular weight excluding hydrogens is 329 g/mol. The van der Waals surface area contributed by atoms with Crippen molar-refractivity contribution in [3.05, 3.63) is 68.7 Å². The van der Waals surface area contributed by atoms with Crippen molar-refractivity contribution in [3.8, 4) is 0 Å². The number of likely N-dealkylation sites (N-methyl/N-ethyl adjacent to an activating group) is 1. The second-order valence-electron chi connectivity index (χ2n) is 5.01. The lowest BCUT2D eigenvalue weighted by molar-refractivity contribution is 0.124. The number of nitrogens with zero attached hydrogens (tertiary/aromatic N) is 1. The maximum Gasteiger partial charge on any atom is 0.0917 e. The standard InChI is InChI=1S/C16H16Cl3NO/c1-20(9-11-2-5-13(17)6-3-11)10-16(21)12-4-7-14(18)15(19)8-12/h2-8,16,21H,9-10H2,1H3. The van der Waals surface area contributed by atoms with E-state index >= 15 is 0 Å². The number of halogens is 3. The van der Waals surface area contributed by atoms with Crippen molar-refractivity contribution in [2.45, 2.75) is 12.6 Å². The Balaban J connectivity index is 1.96. The molecule has 0 heterocycles. The zero-order valence-electron chi connectivity index (χ0n) is 11.6. The second kappa shape index (κ2) is 7.48. The first-order valence-corrected chi connectivity index (χ1v) is 7.65. The Hall–Kier alpha value is -0.770. The molecule has 0 fully saturated rings.